The van der Waals surface area contributed by atoms with Gasteiger partial charge < -0.3 is 10.4 Å². The summed E-state index contributed by atoms with van der Waals surface area (Å²) in [5.41, 5.74) is 2.12. The fourth-order valence-electron chi connectivity index (χ4n) is 1.53. The average Bonchev–Trinajstić information content (AvgIpc) is 2.22. The number of phenols is 1. The largest absolute Gasteiger partial charge is 0.508 e. The van der Waals surface area contributed by atoms with Gasteiger partial charge in [-0.05, 0) is 32.9 Å². The van der Waals surface area contributed by atoms with E-state index in [1.165, 1.54) is 5.56 Å². The van der Waals surface area contributed by atoms with Crippen LogP contribution in [0.2, 0.25) is 0 Å². The number of hydrogen-bond donors (Lipinski definition) is 2. The molecule has 1 unspecified atom stereocenters. The van der Waals surface area contributed by atoms with E-state index in [1.807, 2.05) is 25.1 Å². The normalized spacial score (nSPS) is 12.4. The molecule has 0 spiro atoms. The van der Waals surface area contributed by atoms with Crippen molar-refractivity contribution in [2.75, 3.05) is 6.54 Å². The van der Waals surface area contributed by atoms with Gasteiger partial charge in [0.05, 0.1) is 0 Å². The van der Waals surface area contributed by atoms with Crippen LogP contribution in [0.15, 0.2) is 30.9 Å². The van der Waals surface area contributed by atoms with Gasteiger partial charge in [0.2, 0.25) is 0 Å². The van der Waals surface area contributed by atoms with E-state index >= 15 is 0 Å². The Bertz CT molecular complexity index is 333. The Morgan fingerprint density at radius 3 is 2.93 bits per heavy atom. The second-order valence-electron chi connectivity index (χ2n) is 3.82. The van der Waals surface area contributed by atoms with E-state index in [0.717, 1.165) is 18.5 Å². The standard InChI is InChI=1S/C13H19NO/c1-4-5-8-14-11(3)12-9-10(2)6-7-13(12)15/h4,6-7,9,11,14-15H,1,5,8H2,2-3H3. The third kappa shape index (κ3) is 3.40. The highest BCUT2D eigenvalue weighted by Crippen LogP contribution is 2.24. The lowest BCUT2D eigenvalue weighted by molar-refractivity contribution is 0.453. The highest BCUT2D eigenvalue weighted by atomic mass is 16.3. The molecule has 0 aliphatic carbocycles. The summed E-state index contributed by atoms with van der Waals surface area (Å²) in [5, 5.41) is 13.0. The molecular weight excluding hydrogens is 186 g/mol. The molecule has 0 radical (unpaired) electrons. The van der Waals surface area contributed by atoms with Gasteiger partial charge in [0.15, 0.2) is 0 Å². The molecule has 1 atom stereocenters. The molecule has 0 saturated carbocycles. The Hall–Kier alpha value is -1.28. The van der Waals surface area contributed by atoms with Crippen LogP contribution in [-0.2, 0) is 0 Å². The van der Waals surface area contributed by atoms with Crippen LogP contribution in [-0.4, -0.2) is 11.7 Å². The first-order chi connectivity index (χ1) is 7.15. The van der Waals surface area contributed by atoms with Gasteiger partial charge in [-0.25, -0.2) is 0 Å². The number of hydrogen-bond acceptors (Lipinski definition) is 2. The second-order valence-corrected chi connectivity index (χ2v) is 3.82. The Kier molecular flexibility index (Phi) is 4.37. The lowest BCUT2D eigenvalue weighted by Gasteiger charge is -2.15. The van der Waals surface area contributed by atoms with Crippen molar-refractivity contribution in [2.24, 2.45) is 0 Å². The summed E-state index contributed by atoms with van der Waals surface area (Å²) < 4.78 is 0. The van der Waals surface area contributed by atoms with Crippen LogP contribution in [0.1, 0.15) is 30.5 Å². The SMILES string of the molecule is C=CCCNC(C)c1cc(C)ccc1O. The first-order valence-electron chi connectivity index (χ1n) is 5.29. The summed E-state index contributed by atoms with van der Waals surface area (Å²) in [7, 11) is 0. The van der Waals surface area contributed by atoms with Gasteiger partial charge in [-0.3, -0.25) is 0 Å². The van der Waals surface area contributed by atoms with Gasteiger partial charge in [0, 0.05) is 11.6 Å². The molecule has 0 heterocycles. The topological polar surface area (TPSA) is 32.3 Å². The third-order valence-electron chi connectivity index (χ3n) is 2.45. The van der Waals surface area contributed by atoms with E-state index in [9.17, 15) is 5.11 Å². The second kappa shape index (κ2) is 5.56. The molecule has 0 saturated heterocycles. The smallest absolute Gasteiger partial charge is 0.120 e. The van der Waals surface area contributed by atoms with E-state index in [1.54, 1.807) is 6.07 Å². The fourth-order valence-corrected chi connectivity index (χ4v) is 1.53. The lowest BCUT2D eigenvalue weighted by atomic mass is 10.0. The number of aromatic hydroxyl groups is 1. The highest BCUT2D eigenvalue weighted by Gasteiger charge is 2.08. The molecular formula is C13H19NO. The van der Waals surface area contributed by atoms with Gasteiger partial charge in [-0.15, -0.1) is 6.58 Å². The van der Waals surface area contributed by atoms with Crippen LogP contribution in [0.3, 0.4) is 0 Å². The van der Waals surface area contributed by atoms with Crippen LogP contribution in [0.25, 0.3) is 0 Å². The molecule has 82 valence electrons. The maximum atomic E-state index is 9.70. The van der Waals surface area contributed by atoms with Crippen molar-refractivity contribution in [3.05, 3.63) is 42.0 Å². The molecule has 0 bridgehead atoms. The number of phenolic OH excluding ortho intramolecular Hbond substituents is 1. The monoisotopic (exact) mass is 205 g/mol. The van der Waals surface area contributed by atoms with E-state index in [0.29, 0.717) is 5.75 Å². The van der Waals surface area contributed by atoms with E-state index < -0.39 is 0 Å². The molecule has 0 aliphatic heterocycles. The van der Waals surface area contributed by atoms with Crippen LogP contribution < -0.4 is 5.32 Å². The summed E-state index contributed by atoms with van der Waals surface area (Å²) in [6.07, 6.45) is 2.83. The van der Waals surface area contributed by atoms with Crippen molar-refractivity contribution < 1.29 is 5.11 Å². The molecule has 2 N–H and O–H groups in total. The minimum absolute atomic E-state index is 0.171. The zero-order valence-corrected chi connectivity index (χ0v) is 9.46. The summed E-state index contributed by atoms with van der Waals surface area (Å²) >= 11 is 0. The summed E-state index contributed by atoms with van der Waals surface area (Å²) in [6, 6.07) is 5.84. The molecule has 2 heteroatoms. The van der Waals surface area contributed by atoms with Crippen LogP contribution in [0.4, 0.5) is 0 Å². The first-order valence-corrected chi connectivity index (χ1v) is 5.29. The van der Waals surface area contributed by atoms with Crippen molar-refractivity contribution in [1.29, 1.82) is 0 Å². The quantitative estimate of drug-likeness (QED) is 0.572. The Morgan fingerprint density at radius 2 is 2.27 bits per heavy atom. The van der Waals surface area contributed by atoms with Crippen molar-refractivity contribution in [3.63, 3.8) is 0 Å². The molecule has 0 fully saturated rings. The van der Waals surface area contributed by atoms with Gasteiger partial charge in [-0.1, -0.05) is 23.8 Å². The maximum absolute atomic E-state index is 9.70. The lowest BCUT2D eigenvalue weighted by Crippen LogP contribution is -2.19. The van der Waals surface area contributed by atoms with Gasteiger partial charge in [-0.2, -0.15) is 0 Å². The van der Waals surface area contributed by atoms with Crippen molar-refractivity contribution in [3.8, 4) is 5.75 Å². The zero-order chi connectivity index (χ0) is 11.3. The Morgan fingerprint density at radius 1 is 1.53 bits per heavy atom. The van der Waals surface area contributed by atoms with Gasteiger partial charge in [0.25, 0.3) is 0 Å². The Labute approximate surface area is 91.6 Å². The maximum Gasteiger partial charge on any atom is 0.120 e. The van der Waals surface area contributed by atoms with Crippen LogP contribution in [0.5, 0.6) is 5.75 Å². The predicted molar refractivity (Wildman–Crippen MR) is 64.1 cm³/mol. The third-order valence-corrected chi connectivity index (χ3v) is 2.45. The Balaban J connectivity index is 2.67. The van der Waals surface area contributed by atoms with Crippen LogP contribution >= 0.6 is 0 Å². The van der Waals surface area contributed by atoms with Crippen molar-refractivity contribution in [1.82, 2.24) is 5.32 Å². The highest BCUT2D eigenvalue weighted by molar-refractivity contribution is 5.37. The number of rotatable bonds is 5. The molecule has 2 nitrogen and oxygen atoms in total. The van der Waals surface area contributed by atoms with Crippen molar-refractivity contribution in [2.45, 2.75) is 26.3 Å². The molecule has 1 aromatic carbocycles. The van der Waals surface area contributed by atoms with Gasteiger partial charge in [0.1, 0.15) is 5.75 Å². The minimum atomic E-state index is 0.171. The van der Waals surface area contributed by atoms with E-state index in [-0.39, 0.29) is 6.04 Å². The zero-order valence-electron chi connectivity index (χ0n) is 9.46. The van der Waals surface area contributed by atoms with Gasteiger partial charge >= 0.3 is 0 Å². The molecule has 15 heavy (non-hydrogen) atoms. The fraction of sp³-hybridized carbons (Fsp3) is 0.385. The van der Waals surface area contributed by atoms with Crippen molar-refractivity contribution >= 4 is 0 Å². The van der Waals surface area contributed by atoms with E-state index in [2.05, 4.69) is 18.8 Å². The average molecular weight is 205 g/mol. The first kappa shape index (κ1) is 11.8. The number of nitrogens with one attached hydrogen (secondary N) is 1. The number of aryl methyl sites for hydroxylation is 1. The van der Waals surface area contributed by atoms with Crippen LogP contribution in [0, 0.1) is 6.92 Å². The number of benzene rings is 1. The van der Waals surface area contributed by atoms with E-state index in [4.69, 9.17) is 0 Å². The molecule has 0 amide bonds. The molecule has 0 aromatic heterocycles. The summed E-state index contributed by atoms with van der Waals surface area (Å²) in [5.74, 6) is 0.360. The molecule has 1 aromatic rings. The molecule has 1 rings (SSSR count). The minimum Gasteiger partial charge on any atom is -0.508 e. The summed E-state index contributed by atoms with van der Waals surface area (Å²) in [6.45, 7) is 8.64. The summed E-state index contributed by atoms with van der Waals surface area (Å²) in [4.78, 5) is 0. The predicted octanol–water partition coefficient (Wildman–Crippen LogP) is 2.93. The molecule has 0 aliphatic rings.